The first-order valence-corrected chi connectivity index (χ1v) is 11.6. The van der Waals surface area contributed by atoms with E-state index in [-0.39, 0.29) is 18.2 Å². The molecular weight excluding hydrogens is 418 g/mol. The Morgan fingerprint density at radius 1 is 1.21 bits per heavy atom. The van der Waals surface area contributed by atoms with Crippen LogP contribution in [0.1, 0.15) is 47.5 Å². The highest BCUT2D eigenvalue weighted by Gasteiger charge is 2.32. The number of amides is 1. The molecule has 0 spiro atoms. The first-order chi connectivity index (χ1) is 15.7. The monoisotopic (exact) mass is 451 g/mol. The van der Waals surface area contributed by atoms with Crippen LogP contribution >= 0.6 is 0 Å². The van der Waals surface area contributed by atoms with Gasteiger partial charge in [0, 0.05) is 24.8 Å². The van der Waals surface area contributed by atoms with Gasteiger partial charge in [-0.05, 0) is 59.6 Å². The lowest BCUT2D eigenvalue weighted by Gasteiger charge is -2.28. The van der Waals surface area contributed by atoms with Gasteiger partial charge in [0.05, 0.1) is 23.9 Å². The van der Waals surface area contributed by atoms with Crippen LogP contribution in [0.4, 0.5) is 10.6 Å². The third kappa shape index (κ3) is 5.38. The molecule has 1 fully saturated rings. The van der Waals surface area contributed by atoms with Gasteiger partial charge >= 0.3 is 6.09 Å². The van der Waals surface area contributed by atoms with Gasteiger partial charge in [-0.1, -0.05) is 18.2 Å². The third-order valence-electron chi connectivity index (χ3n) is 5.43. The van der Waals surface area contributed by atoms with Gasteiger partial charge in [-0.3, -0.25) is 0 Å². The lowest BCUT2D eigenvalue weighted by Crippen LogP contribution is -2.42. The molecule has 1 aliphatic rings. The van der Waals surface area contributed by atoms with Crippen LogP contribution in [0.3, 0.4) is 0 Å². The summed E-state index contributed by atoms with van der Waals surface area (Å²) in [4.78, 5) is 19.2. The van der Waals surface area contributed by atoms with E-state index in [1.807, 2.05) is 82.2 Å². The van der Waals surface area contributed by atoms with Crippen LogP contribution < -0.4 is 10.1 Å². The maximum absolute atomic E-state index is 12.6. The van der Waals surface area contributed by atoms with E-state index >= 15 is 0 Å². The summed E-state index contributed by atoms with van der Waals surface area (Å²) >= 11 is 0. The number of hydrogen-bond acceptors (Lipinski definition) is 6. The standard InChI is InChI=1S/C25H33N5O3/c1-17(2)32-21-11-7-6-10-19(21)20-16-27-30-14-12-22(28-23(20)30)26-15-18-9-8-13-29(18)24(31)33-25(3,4)5/h6-7,10-12,14,16-18H,8-9,13,15H2,1-5H3,(H,26,28). The van der Waals surface area contributed by atoms with Gasteiger partial charge in [0.1, 0.15) is 17.2 Å². The van der Waals surface area contributed by atoms with Gasteiger partial charge in [-0.25, -0.2) is 14.3 Å². The van der Waals surface area contributed by atoms with E-state index in [1.165, 1.54) is 0 Å². The van der Waals surface area contributed by atoms with Gasteiger partial charge < -0.3 is 19.7 Å². The molecule has 1 unspecified atom stereocenters. The van der Waals surface area contributed by atoms with Crippen molar-refractivity contribution in [3.8, 4) is 16.9 Å². The zero-order valence-corrected chi connectivity index (χ0v) is 20.0. The second kappa shape index (κ2) is 9.29. The van der Waals surface area contributed by atoms with Crippen molar-refractivity contribution in [2.45, 2.75) is 65.2 Å². The number of nitrogens with zero attached hydrogens (tertiary/aromatic N) is 4. The lowest BCUT2D eigenvalue weighted by atomic mass is 10.1. The first kappa shape index (κ1) is 22.9. The summed E-state index contributed by atoms with van der Waals surface area (Å²) in [6.07, 6.45) is 5.42. The second-order valence-electron chi connectivity index (χ2n) is 9.65. The van der Waals surface area contributed by atoms with Gasteiger partial charge in [0.2, 0.25) is 0 Å². The van der Waals surface area contributed by atoms with Crippen molar-refractivity contribution >= 4 is 17.6 Å². The fraction of sp³-hybridized carbons (Fsp3) is 0.480. The zero-order chi connectivity index (χ0) is 23.6. The minimum Gasteiger partial charge on any atom is -0.490 e. The number of carbonyl (C=O) groups is 1. The molecule has 0 aliphatic carbocycles. The van der Waals surface area contributed by atoms with Crippen LogP contribution in [0.15, 0.2) is 42.7 Å². The average Bonchev–Trinajstić information content (AvgIpc) is 3.38. The number of ether oxygens (including phenoxy) is 2. The average molecular weight is 452 g/mol. The van der Waals surface area contributed by atoms with E-state index in [4.69, 9.17) is 14.5 Å². The quantitative estimate of drug-likeness (QED) is 0.568. The van der Waals surface area contributed by atoms with Crippen molar-refractivity contribution in [2.75, 3.05) is 18.4 Å². The second-order valence-corrected chi connectivity index (χ2v) is 9.65. The molecule has 8 heteroatoms. The number of benzene rings is 1. The molecule has 1 aliphatic heterocycles. The number of aromatic nitrogens is 3. The molecule has 0 saturated carbocycles. The van der Waals surface area contributed by atoms with E-state index in [1.54, 1.807) is 4.52 Å². The molecular formula is C25H33N5O3. The molecule has 1 amide bonds. The number of nitrogens with one attached hydrogen (secondary N) is 1. The number of anilines is 1. The van der Waals surface area contributed by atoms with Gasteiger partial charge in [-0.15, -0.1) is 0 Å². The Labute approximate surface area is 194 Å². The number of fused-ring (bicyclic) bond motifs is 1. The molecule has 4 rings (SSSR count). The highest BCUT2D eigenvalue weighted by atomic mass is 16.6. The Kier molecular flexibility index (Phi) is 6.44. The van der Waals surface area contributed by atoms with Crippen LogP contribution in [-0.2, 0) is 4.74 Å². The van der Waals surface area contributed by atoms with Crippen molar-refractivity contribution in [2.24, 2.45) is 0 Å². The largest absolute Gasteiger partial charge is 0.490 e. The summed E-state index contributed by atoms with van der Waals surface area (Å²) < 4.78 is 13.3. The Bertz CT molecular complexity index is 1120. The number of para-hydroxylation sites is 1. The van der Waals surface area contributed by atoms with Crippen molar-refractivity contribution in [1.29, 1.82) is 0 Å². The summed E-state index contributed by atoms with van der Waals surface area (Å²) in [6, 6.07) is 9.90. The molecule has 0 bridgehead atoms. The minimum atomic E-state index is -0.502. The molecule has 3 aromatic rings. The van der Waals surface area contributed by atoms with Crippen LogP contribution in [0.5, 0.6) is 5.75 Å². The normalized spacial score (nSPS) is 16.4. The van der Waals surface area contributed by atoms with Gasteiger partial charge in [-0.2, -0.15) is 5.10 Å². The molecule has 2 aromatic heterocycles. The van der Waals surface area contributed by atoms with Crippen LogP contribution in [-0.4, -0.2) is 56.4 Å². The minimum absolute atomic E-state index is 0.0671. The molecule has 1 aromatic carbocycles. The number of hydrogen-bond donors (Lipinski definition) is 1. The van der Waals surface area contributed by atoms with Crippen molar-refractivity contribution < 1.29 is 14.3 Å². The highest BCUT2D eigenvalue weighted by Crippen LogP contribution is 2.33. The Morgan fingerprint density at radius 3 is 2.76 bits per heavy atom. The van der Waals surface area contributed by atoms with E-state index < -0.39 is 5.60 Å². The van der Waals surface area contributed by atoms with E-state index in [9.17, 15) is 4.79 Å². The van der Waals surface area contributed by atoms with Gasteiger partial charge in [0.15, 0.2) is 5.65 Å². The Hall–Kier alpha value is -3.29. The third-order valence-corrected chi connectivity index (χ3v) is 5.43. The molecule has 3 heterocycles. The summed E-state index contributed by atoms with van der Waals surface area (Å²) in [5, 5.41) is 7.87. The van der Waals surface area contributed by atoms with Crippen molar-refractivity contribution in [3.05, 3.63) is 42.7 Å². The van der Waals surface area contributed by atoms with E-state index in [0.29, 0.717) is 13.1 Å². The Morgan fingerprint density at radius 2 is 2.00 bits per heavy atom. The zero-order valence-electron chi connectivity index (χ0n) is 20.0. The Balaban J connectivity index is 1.52. The maximum atomic E-state index is 12.6. The number of carbonyl (C=O) groups excluding carboxylic acids is 1. The highest BCUT2D eigenvalue weighted by molar-refractivity contribution is 5.81. The first-order valence-electron chi connectivity index (χ1n) is 11.6. The predicted molar refractivity (Wildman–Crippen MR) is 129 cm³/mol. The number of rotatable bonds is 6. The molecule has 176 valence electrons. The molecule has 1 atom stereocenters. The molecule has 1 saturated heterocycles. The summed E-state index contributed by atoms with van der Waals surface area (Å²) in [5.74, 6) is 1.55. The SMILES string of the molecule is CC(C)Oc1ccccc1-c1cnn2ccc(NCC3CCCN3C(=O)OC(C)(C)C)nc12. The summed E-state index contributed by atoms with van der Waals surface area (Å²) in [7, 11) is 0. The van der Waals surface area contributed by atoms with Crippen LogP contribution in [0, 0.1) is 0 Å². The lowest BCUT2D eigenvalue weighted by molar-refractivity contribution is 0.0235. The van der Waals surface area contributed by atoms with Gasteiger partial charge in [0.25, 0.3) is 0 Å². The molecule has 8 nitrogen and oxygen atoms in total. The number of likely N-dealkylation sites (tertiary alicyclic amines) is 1. The van der Waals surface area contributed by atoms with Crippen molar-refractivity contribution in [1.82, 2.24) is 19.5 Å². The van der Waals surface area contributed by atoms with E-state index in [0.717, 1.165) is 41.2 Å². The van der Waals surface area contributed by atoms with Crippen LogP contribution in [0.25, 0.3) is 16.8 Å². The fourth-order valence-corrected chi connectivity index (χ4v) is 4.03. The smallest absolute Gasteiger partial charge is 0.410 e. The summed E-state index contributed by atoms with van der Waals surface area (Å²) in [5.41, 5.74) is 2.11. The predicted octanol–water partition coefficient (Wildman–Crippen LogP) is 4.99. The molecule has 0 radical (unpaired) electrons. The topological polar surface area (TPSA) is 81.0 Å². The fourth-order valence-electron chi connectivity index (χ4n) is 4.03. The maximum Gasteiger partial charge on any atom is 0.410 e. The van der Waals surface area contributed by atoms with Crippen molar-refractivity contribution in [3.63, 3.8) is 0 Å². The molecule has 33 heavy (non-hydrogen) atoms. The van der Waals surface area contributed by atoms with Crippen LogP contribution in [0.2, 0.25) is 0 Å². The molecule has 1 N–H and O–H groups in total. The van der Waals surface area contributed by atoms with E-state index in [2.05, 4.69) is 10.4 Å². The summed E-state index contributed by atoms with van der Waals surface area (Å²) in [6.45, 7) is 11.0.